The number of hydrogen-bond donors (Lipinski definition) is 1. The molecule has 0 aliphatic rings. The molecule has 0 unspecified atom stereocenters. The van der Waals surface area contributed by atoms with E-state index >= 15 is 0 Å². The molecule has 0 radical (unpaired) electrons. The molecular weight excluding hydrogens is 370 g/mol. The summed E-state index contributed by atoms with van der Waals surface area (Å²) in [4.78, 5) is 0. The Bertz CT molecular complexity index is 696. The van der Waals surface area contributed by atoms with Gasteiger partial charge in [0.2, 0.25) is 0 Å². The molecule has 0 spiro atoms. The first-order valence-corrected chi connectivity index (χ1v) is 7.48. The van der Waals surface area contributed by atoms with Gasteiger partial charge in [0.25, 0.3) is 0 Å². The van der Waals surface area contributed by atoms with Crippen molar-refractivity contribution in [3.63, 3.8) is 0 Å². The SMILES string of the molecule is Brc1cc(CNc2cccc3ccccc23)oc1Br. The van der Waals surface area contributed by atoms with Crippen LogP contribution >= 0.6 is 31.9 Å². The van der Waals surface area contributed by atoms with Crippen molar-refractivity contribution >= 4 is 48.3 Å². The van der Waals surface area contributed by atoms with E-state index in [4.69, 9.17) is 4.42 Å². The Morgan fingerprint density at radius 3 is 2.58 bits per heavy atom. The molecule has 0 atom stereocenters. The fraction of sp³-hybridized carbons (Fsp3) is 0.0667. The highest BCUT2D eigenvalue weighted by atomic mass is 79.9. The summed E-state index contributed by atoms with van der Waals surface area (Å²) in [6.07, 6.45) is 0. The number of benzene rings is 2. The molecule has 4 heteroatoms. The normalized spacial score (nSPS) is 10.8. The highest BCUT2D eigenvalue weighted by molar-refractivity contribution is 9.13. The molecule has 0 bridgehead atoms. The molecule has 2 aromatic carbocycles. The molecule has 96 valence electrons. The van der Waals surface area contributed by atoms with Crippen LogP contribution < -0.4 is 5.32 Å². The number of halogens is 2. The maximum Gasteiger partial charge on any atom is 0.183 e. The number of hydrogen-bond acceptors (Lipinski definition) is 2. The van der Waals surface area contributed by atoms with Crippen LogP contribution in [0, 0.1) is 0 Å². The maximum absolute atomic E-state index is 5.56. The molecule has 1 N–H and O–H groups in total. The van der Waals surface area contributed by atoms with Crippen LogP contribution in [0.3, 0.4) is 0 Å². The van der Waals surface area contributed by atoms with E-state index in [1.807, 2.05) is 18.2 Å². The number of anilines is 1. The Morgan fingerprint density at radius 1 is 1.00 bits per heavy atom. The zero-order valence-electron chi connectivity index (χ0n) is 9.99. The number of nitrogens with one attached hydrogen (secondary N) is 1. The average Bonchev–Trinajstić information content (AvgIpc) is 2.75. The topological polar surface area (TPSA) is 25.2 Å². The third kappa shape index (κ3) is 2.69. The molecule has 2 nitrogen and oxygen atoms in total. The third-order valence-electron chi connectivity index (χ3n) is 2.94. The molecule has 19 heavy (non-hydrogen) atoms. The molecule has 0 amide bonds. The summed E-state index contributed by atoms with van der Waals surface area (Å²) in [7, 11) is 0. The van der Waals surface area contributed by atoms with E-state index in [1.54, 1.807) is 0 Å². The van der Waals surface area contributed by atoms with Gasteiger partial charge < -0.3 is 9.73 Å². The highest BCUT2D eigenvalue weighted by Gasteiger charge is 2.06. The van der Waals surface area contributed by atoms with E-state index in [9.17, 15) is 0 Å². The zero-order chi connectivity index (χ0) is 13.2. The molecule has 0 aliphatic heterocycles. The lowest BCUT2D eigenvalue weighted by atomic mass is 10.1. The van der Waals surface area contributed by atoms with E-state index in [1.165, 1.54) is 10.8 Å². The van der Waals surface area contributed by atoms with Gasteiger partial charge in [0.05, 0.1) is 11.0 Å². The monoisotopic (exact) mass is 379 g/mol. The second kappa shape index (κ2) is 5.39. The van der Waals surface area contributed by atoms with E-state index in [-0.39, 0.29) is 0 Å². The Labute approximate surface area is 128 Å². The van der Waals surface area contributed by atoms with Gasteiger partial charge in [-0.25, -0.2) is 0 Å². The van der Waals surface area contributed by atoms with Crippen molar-refractivity contribution < 1.29 is 4.42 Å². The second-order valence-electron chi connectivity index (χ2n) is 4.21. The van der Waals surface area contributed by atoms with Gasteiger partial charge in [-0.1, -0.05) is 36.4 Å². The van der Waals surface area contributed by atoms with E-state index in [0.29, 0.717) is 6.54 Å². The first-order valence-electron chi connectivity index (χ1n) is 5.89. The second-order valence-corrected chi connectivity index (χ2v) is 5.79. The van der Waals surface area contributed by atoms with Crippen LogP contribution in [0.1, 0.15) is 5.76 Å². The Hall–Kier alpha value is -1.26. The molecule has 3 aromatic rings. The maximum atomic E-state index is 5.56. The summed E-state index contributed by atoms with van der Waals surface area (Å²) in [6, 6.07) is 16.5. The van der Waals surface area contributed by atoms with Crippen LogP contribution in [0.15, 0.2) is 62.1 Å². The summed E-state index contributed by atoms with van der Waals surface area (Å²) >= 11 is 6.75. The first kappa shape index (κ1) is 12.8. The van der Waals surface area contributed by atoms with Crippen molar-refractivity contribution in [3.05, 3.63) is 63.4 Å². The molecule has 1 aromatic heterocycles. The van der Waals surface area contributed by atoms with E-state index in [2.05, 4.69) is 67.5 Å². The minimum Gasteiger partial charge on any atom is -0.451 e. The summed E-state index contributed by atoms with van der Waals surface area (Å²) in [5.74, 6) is 0.881. The van der Waals surface area contributed by atoms with Crippen molar-refractivity contribution in [3.8, 4) is 0 Å². The average molecular weight is 381 g/mol. The van der Waals surface area contributed by atoms with Gasteiger partial charge >= 0.3 is 0 Å². The van der Waals surface area contributed by atoms with Crippen LogP contribution in [0.25, 0.3) is 10.8 Å². The lowest BCUT2D eigenvalue weighted by molar-refractivity contribution is 0.494. The molecule has 0 saturated carbocycles. The molecule has 0 saturated heterocycles. The lowest BCUT2D eigenvalue weighted by Gasteiger charge is -2.08. The molecule has 0 fully saturated rings. The Kier molecular flexibility index (Phi) is 3.62. The van der Waals surface area contributed by atoms with Crippen molar-refractivity contribution in [2.24, 2.45) is 0 Å². The van der Waals surface area contributed by atoms with Crippen molar-refractivity contribution in [1.82, 2.24) is 0 Å². The fourth-order valence-corrected chi connectivity index (χ4v) is 2.70. The number of rotatable bonds is 3. The first-order chi connectivity index (χ1) is 9.24. The van der Waals surface area contributed by atoms with Gasteiger partial charge in [0.1, 0.15) is 5.76 Å². The van der Waals surface area contributed by atoms with Gasteiger partial charge in [-0.05, 0) is 49.4 Å². The van der Waals surface area contributed by atoms with E-state index in [0.717, 1.165) is 20.6 Å². The van der Waals surface area contributed by atoms with Crippen LogP contribution in [0.4, 0.5) is 5.69 Å². The van der Waals surface area contributed by atoms with Crippen LogP contribution in [-0.2, 0) is 6.54 Å². The fourth-order valence-electron chi connectivity index (χ4n) is 2.04. The summed E-state index contributed by atoms with van der Waals surface area (Å²) in [5.41, 5.74) is 1.11. The lowest BCUT2D eigenvalue weighted by Crippen LogP contribution is -1.98. The minimum atomic E-state index is 0.651. The van der Waals surface area contributed by atoms with Crippen molar-refractivity contribution in [2.45, 2.75) is 6.54 Å². The third-order valence-corrected chi connectivity index (χ3v) is 4.65. The Balaban J connectivity index is 1.85. The van der Waals surface area contributed by atoms with Crippen LogP contribution in [0.2, 0.25) is 0 Å². The van der Waals surface area contributed by atoms with Crippen LogP contribution in [-0.4, -0.2) is 0 Å². The van der Waals surface area contributed by atoms with Gasteiger partial charge in [0, 0.05) is 11.1 Å². The van der Waals surface area contributed by atoms with Gasteiger partial charge in [-0.3, -0.25) is 0 Å². The molecule has 3 rings (SSSR count). The summed E-state index contributed by atoms with van der Waals surface area (Å²) in [5, 5.41) is 5.86. The van der Waals surface area contributed by atoms with Gasteiger partial charge in [-0.2, -0.15) is 0 Å². The van der Waals surface area contributed by atoms with Crippen LogP contribution in [0.5, 0.6) is 0 Å². The predicted molar refractivity (Wildman–Crippen MR) is 85.4 cm³/mol. The van der Waals surface area contributed by atoms with Crippen molar-refractivity contribution in [2.75, 3.05) is 5.32 Å². The molecule has 0 aliphatic carbocycles. The molecular formula is C15H11Br2NO. The summed E-state index contributed by atoms with van der Waals surface area (Å²) in [6.45, 7) is 0.651. The highest BCUT2D eigenvalue weighted by Crippen LogP contribution is 2.28. The van der Waals surface area contributed by atoms with E-state index < -0.39 is 0 Å². The van der Waals surface area contributed by atoms with Crippen molar-refractivity contribution in [1.29, 1.82) is 0 Å². The zero-order valence-corrected chi connectivity index (χ0v) is 13.2. The smallest absolute Gasteiger partial charge is 0.183 e. The Morgan fingerprint density at radius 2 is 1.79 bits per heavy atom. The number of furan rings is 1. The standard InChI is InChI=1S/C15H11Br2NO/c16-13-8-11(19-15(13)17)9-18-14-7-3-5-10-4-1-2-6-12(10)14/h1-8,18H,9H2. The quantitative estimate of drug-likeness (QED) is 0.642. The minimum absolute atomic E-state index is 0.651. The van der Waals surface area contributed by atoms with Gasteiger partial charge in [0.15, 0.2) is 4.67 Å². The summed E-state index contributed by atoms with van der Waals surface area (Å²) < 4.78 is 7.21. The van der Waals surface area contributed by atoms with Gasteiger partial charge in [-0.15, -0.1) is 0 Å². The largest absolute Gasteiger partial charge is 0.451 e. The number of fused-ring (bicyclic) bond motifs is 1. The molecule has 1 heterocycles. The predicted octanol–water partition coefficient (Wildman–Crippen LogP) is 5.57.